The van der Waals surface area contributed by atoms with Gasteiger partial charge in [0.05, 0.1) is 0 Å². The lowest BCUT2D eigenvalue weighted by molar-refractivity contribution is -0.123. The Morgan fingerprint density at radius 1 is 1.17 bits per heavy atom. The highest BCUT2D eigenvalue weighted by atomic mass is 16.2. The number of fused-ring (bicyclic) bond motifs is 2. The van der Waals surface area contributed by atoms with Gasteiger partial charge in [0.1, 0.15) is 6.04 Å². The standard InChI is InChI=1S/C18H24N4O/c23-18(17-14-6-2-4-8-16(14)21-22-17)19-10-9-12-11-20-15-7-3-1-5-13(12)15/h1,3,5,7,11,14,16-17,20-22H,2,4,6,8-10H2,(H,19,23). The summed E-state index contributed by atoms with van der Waals surface area (Å²) >= 11 is 0. The predicted molar refractivity (Wildman–Crippen MR) is 90.8 cm³/mol. The van der Waals surface area contributed by atoms with Crippen LogP contribution in [0.25, 0.3) is 10.9 Å². The van der Waals surface area contributed by atoms with Gasteiger partial charge in [0.2, 0.25) is 5.91 Å². The summed E-state index contributed by atoms with van der Waals surface area (Å²) in [7, 11) is 0. The summed E-state index contributed by atoms with van der Waals surface area (Å²) in [6.45, 7) is 0.677. The smallest absolute Gasteiger partial charge is 0.238 e. The Hall–Kier alpha value is -1.85. The molecule has 1 amide bonds. The number of hydrogen-bond donors (Lipinski definition) is 4. The number of benzene rings is 1. The van der Waals surface area contributed by atoms with E-state index in [9.17, 15) is 4.79 Å². The minimum absolute atomic E-state index is 0.0803. The normalized spacial score (nSPS) is 27.0. The number of hydrogen-bond acceptors (Lipinski definition) is 3. The van der Waals surface area contributed by atoms with Crippen molar-refractivity contribution < 1.29 is 4.79 Å². The zero-order chi connectivity index (χ0) is 15.6. The molecule has 1 aliphatic carbocycles. The van der Waals surface area contributed by atoms with Crippen LogP contribution in [0.15, 0.2) is 30.5 Å². The molecule has 3 atom stereocenters. The molecule has 1 aromatic heterocycles. The van der Waals surface area contributed by atoms with Gasteiger partial charge >= 0.3 is 0 Å². The fourth-order valence-corrected chi connectivity index (χ4v) is 4.07. The molecule has 2 heterocycles. The maximum absolute atomic E-state index is 12.5. The topological polar surface area (TPSA) is 69.0 Å². The van der Waals surface area contributed by atoms with Gasteiger partial charge in [-0.15, -0.1) is 0 Å². The van der Waals surface area contributed by atoms with E-state index in [2.05, 4.69) is 39.4 Å². The van der Waals surface area contributed by atoms with Gasteiger partial charge in [-0.1, -0.05) is 31.0 Å². The van der Waals surface area contributed by atoms with Gasteiger partial charge in [0.15, 0.2) is 0 Å². The van der Waals surface area contributed by atoms with Gasteiger partial charge in [-0.2, -0.15) is 0 Å². The number of rotatable bonds is 4. The second-order valence-corrected chi connectivity index (χ2v) is 6.72. The van der Waals surface area contributed by atoms with Crippen molar-refractivity contribution in [1.82, 2.24) is 21.2 Å². The first kappa shape index (κ1) is 14.7. The van der Waals surface area contributed by atoms with E-state index in [0.29, 0.717) is 18.5 Å². The number of para-hydroxylation sites is 1. The van der Waals surface area contributed by atoms with Crippen LogP contribution in [-0.4, -0.2) is 29.5 Å². The average Bonchev–Trinajstić information content (AvgIpc) is 3.19. The molecule has 1 saturated carbocycles. The van der Waals surface area contributed by atoms with Gasteiger partial charge < -0.3 is 10.3 Å². The lowest BCUT2D eigenvalue weighted by atomic mass is 9.81. The minimum Gasteiger partial charge on any atom is -0.361 e. The zero-order valence-corrected chi connectivity index (χ0v) is 13.3. The van der Waals surface area contributed by atoms with E-state index in [4.69, 9.17) is 0 Å². The largest absolute Gasteiger partial charge is 0.361 e. The minimum atomic E-state index is -0.0803. The molecule has 1 saturated heterocycles. The molecule has 4 N–H and O–H groups in total. The number of amides is 1. The van der Waals surface area contributed by atoms with E-state index in [0.717, 1.165) is 18.4 Å². The summed E-state index contributed by atoms with van der Waals surface area (Å²) in [6.07, 6.45) is 7.73. The van der Waals surface area contributed by atoms with Crippen molar-refractivity contribution in [1.29, 1.82) is 0 Å². The third-order valence-electron chi connectivity index (χ3n) is 5.32. The lowest BCUT2D eigenvalue weighted by Gasteiger charge is -2.26. The van der Waals surface area contributed by atoms with Gasteiger partial charge in [-0.3, -0.25) is 10.2 Å². The molecule has 4 rings (SSSR count). The summed E-state index contributed by atoms with van der Waals surface area (Å²) in [4.78, 5) is 15.8. The van der Waals surface area contributed by atoms with Crippen molar-refractivity contribution in [2.24, 2.45) is 5.92 Å². The van der Waals surface area contributed by atoms with Crippen LogP contribution in [0, 0.1) is 5.92 Å². The first-order valence-electron chi connectivity index (χ1n) is 8.67. The summed E-state index contributed by atoms with van der Waals surface area (Å²) in [6, 6.07) is 8.67. The van der Waals surface area contributed by atoms with Crippen molar-refractivity contribution in [3.05, 3.63) is 36.0 Å². The Labute approximate surface area is 136 Å². The predicted octanol–water partition coefficient (Wildman–Crippen LogP) is 1.86. The van der Waals surface area contributed by atoms with E-state index in [1.165, 1.54) is 30.2 Å². The van der Waals surface area contributed by atoms with Crippen LogP contribution in [0.5, 0.6) is 0 Å². The van der Waals surface area contributed by atoms with Crippen LogP contribution in [0.2, 0.25) is 0 Å². The molecule has 23 heavy (non-hydrogen) atoms. The first-order chi connectivity index (χ1) is 11.3. The molecule has 3 unspecified atom stereocenters. The van der Waals surface area contributed by atoms with Crippen LogP contribution in [0.4, 0.5) is 0 Å². The van der Waals surface area contributed by atoms with Gasteiger partial charge in [-0.25, -0.2) is 5.43 Å². The Morgan fingerprint density at radius 2 is 2.04 bits per heavy atom. The van der Waals surface area contributed by atoms with Crippen molar-refractivity contribution in [3.63, 3.8) is 0 Å². The van der Waals surface area contributed by atoms with E-state index < -0.39 is 0 Å². The molecule has 0 spiro atoms. The molecule has 122 valence electrons. The average molecular weight is 312 g/mol. The maximum Gasteiger partial charge on any atom is 0.238 e. The summed E-state index contributed by atoms with van der Waals surface area (Å²) in [5, 5.41) is 4.35. The Morgan fingerprint density at radius 3 is 3.00 bits per heavy atom. The lowest BCUT2D eigenvalue weighted by Crippen LogP contribution is -2.46. The molecule has 2 aliphatic rings. The fourth-order valence-electron chi connectivity index (χ4n) is 4.07. The van der Waals surface area contributed by atoms with Crippen LogP contribution in [0.1, 0.15) is 31.2 Å². The molecular formula is C18H24N4O. The van der Waals surface area contributed by atoms with Crippen LogP contribution in [-0.2, 0) is 11.2 Å². The number of aromatic nitrogens is 1. The number of H-pyrrole nitrogens is 1. The molecule has 1 aliphatic heterocycles. The van der Waals surface area contributed by atoms with Gasteiger partial charge in [-0.05, 0) is 30.9 Å². The van der Waals surface area contributed by atoms with E-state index in [-0.39, 0.29) is 11.9 Å². The first-order valence-corrected chi connectivity index (χ1v) is 8.67. The second-order valence-electron chi connectivity index (χ2n) is 6.72. The maximum atomic E-state index is 12.5. The molecule has 1 aromatic carbocycles. The fraction of sp³-hybridized carbons (Fsp3) is 0.500. The molecule has 5 nitrogen and oxygen atoms in total. The molecule has 2 fully saturated rings. The van der Waals surface area contributed by atoms with Crippen molar-refractivity contribution >= 4 is 16.8 Å². The summed E-state index contributed by atoms with van der Waals surface area (Å²) in [5.74, 6) is 0.573. The monoisotopic (exact) mass is 312 g/mol. The summed E-state index contributed by atoms with van der Waals surface area (Å²) in [5.41, 5.74) is 8.92. The molecule has 5 heteroatoms. The quantitative estimate of drug-likeness (QED) is 0.696. The van der Waals surface area contributed by atoms with Crippen molar-refractivity contribution in [2.45, 2.75) is 44.2 Å². The van der Waals surface area contributed by atoms with E-state index in [1.807, 2.05) is 12.3 Å². The van der Waals surface area contributed by atoms with Gasteiger partial charge in [0, 0.05) is 35.6 Å². The third-order valence-corrected chi connectivity index (χ3v) is 5.32. The van der Waals surface area contributed by atoms with Crippen LogP contribution < -0.4 is 16.2 Å². The van der Waals surface area contributed by atoms with E-state index in [1.54, 1.807) is 0 Å². The van der Waals surface area contributed by atoms with Crippen LogP contribution in [0.3, 0.4) is 0 Å². The number of aromatic amines is 1. The SMILES string of the molecule is O=C(NCCc1c[nH]c2ccccc12)C1NNC2CCCCC21. The number of carbonyl (C=O) groups excluding carboxylic acids is 1. The van der Waals surface area contributed by atoms with Crippen molar-refractivity contribution in [2.75, 3.05) is 6.54 Å². The Kier molecular flexibility index (Phi) is 4.06. The number of carbonyl (C=O) groups is 1. The van der Waals surface area contributed by atoms with Gasteiger partial charge in [0.25, 0.3) is 0 Å². The van der Waals surface area contributed by atoms with Crippen LogP contribution >= 0.6 is 0 Å². The third kappa shape index (κ3) is 2.86. The molecule has 0 radical (unpaired) electrons. The summed E-state index contributed by atoms with van der Waals surface area (Å²) < 4.78 is 0. The highest BCUT2D eigenvalue weighted by Gasteiger charge is 2.40. The Bertz CT molecular complexity index is 695. The van der Waals surface area contributed by atoms with E-state index >= 15 is 0 Å². The van der Waals surface area contributed by atoms with Crippen molar-refractivity contribution in [3.8, 4) is 0 Å². The molecule has 0 bridgehead atoms. The zero-order valence-electron chi connectivity index (χ0n) is 13.3. The molecule has 2 aromatic rings. The number of hydrazine groups is 1. The highest BCUT2D eigenvalue weighted by Crippen LogP contribution is 2.30. The Balaban J connectivity index is 1.33. The second kappa shape index (κ2) is 6.34. The molecular weight excluding hydrogens is 288 g/mol. The number of nitrogens with one attached hydrogen (secondary N) is 4. The highest BCUT2D eigenvalue weighted by molar-refractivity contribution is 5.84.